The van der Waals surface area contributed by atoms with Crippen LogP contribution in [0.15, 0.2) is 0 Å². The molecule has 0 amide bonds. The van der Waals surface area contributed by atoms with Gasteiger partial charge in [-0.05, 0) is 20.8 Å². The molecule has 0 spiro atoms. The average Bonchev–Trinajstić information content (AvgIpc) is 2.38. The number of rotatable bonds is 4. The molecule has 0 bridgehead atoms. The van der Waals surface area contributed by atoms with Gasteiger partial charge in [0.1, 0.15) is 11.2 Å². The normalized spacial score (nSPS) is 17.9. The maximum absolute atomic E-state index is 11.2. The predicted octanol–water partition coefficient (Wildman–Crippen LogP) is 1.83. The number of carbonyl (C=O) groups is 1. The van der Waals surface area contributed by atoms with Gasteiger partial charge in [-0.2, -0.15) is 0 Å². The Labute approximate surface area is 118 Å². The fourth-order valence-corrected chi connectivity index (χ4v) is 2.64. The summed E-state index contributed by atoms with van der Waals surface area (Å²) in [5, 5.41) is 9.18. The van der Waals surface area contributed by atoms with E-state index in [4.69, 9.17) is 9.47 Å². The number of aromatic carboxylic acids is 1. The van der Waals surface area contributed by atoms with Crippen LogP contribution in [0.2, 0.25) is 0 Å². The van der Waals surface area contributed by atoms with Crippen molar-refractivity contribution in [3.05, 3.63) is 22.8 Å². The molecule has 1 aliphatic rings. The van der Waals surface area contributed by atoms with E-state index < -0.39 is 11.6 Å². The summed E-state index contributed by atoms with van der Waals surface area (Å²) < 4.78 is 11.3. The van der Waals surface area contributed by atoms with Crippen LogP contribution >= 0.6 is 0 Å². The zero-order valence-corrected chi connectivity index (χ0v) is 12.1. The number of aryl methyl sites for hydroxylation is 2. The van der Waals surface area contributed by atoms with Crippen molar-refractivity contribution < 1.29 is 19.4 Å². The lowest BCUT2D eigenvalue weighted by Gasteiger charge is -2.35. The lowest BCUT2D eigenvalue weighted by Crippen LogP contribution is -2.39. The van der Waals surface area contributed by atoms with E-state index in [1.807, 2.05) is 6.92 Å². The minimum atomic E-state index is -0.996. The summed E-state index contributed by atoms with van der Waals surface area (Å²) >= 11 is 0. The summed E-state index contributed by atoms with van der Waals surface area (Å²) in [6.45, 7) is 7.08. The lowest BCUT2D eigenvalue weighted by atomic mass is 9.92. The summed E-state index contributed by atoms with van der Waals surface area (Å²) in [7, 11) is 0. The third-order valence-electron chi connectivity index (χ3n) is 3.61. The standard InChI is InChI=1S/C14H20N2O4/c1-4-20-14(5-7-19-8-6-14)13-15-9(2)11(12(17)18)10(3)16-13/h4-8H2,1-3H3,(H,17,18). The van der Waals surface area contributed by atoms with Crippen LogP contribution in [0.4, 0.5) is 0 Å². The van der Waals surface area contributed by atoms with Crippen LogP contribution in [0.5, 0.6) is 0 Å². The second kappa shape index (κ2) is 5.85. The van der Waals surface area contributed by atoms with E-state index in [9.17, 15) is 9.90 Å². The molecule has 0 unspecified atom stereocenters. The summed E-state index contributed by atoms with van der Waals surface area (Å²) in [4.78, 5) is 20.0. The molecule has 2 rings (SSSR count). The van der Waals surface area contributed by atoms with Crippen LogP contribution < -0.4 is 0 Å². The molecule has 6 nitrogen and oxygen atoms in total. The van der Waals surface area contributed by atoms with Gasteiger partial charge in [0, 0.05) is 32.7 Å². The van der Waals surface area contributed by atoms with Crippen molar-refractivity contribution in [2.24, 2.45) is 0 Å². The number of carboxylic acid groups (broad SMARTS) is 1. The van der Waals surface area contributed by atoms with Crippen molar-refractivity contribution in [1.82, 2.24) is 9.97 Å². The van der Waals surface area contributed by atoms with Crippen LogP contribution in [0.1, 0.15) is 47.3 Å². The highest BCUT2D eigenvalue weighted by Gasteiger charge is 2.39. The van der Waals surface area contributed by atoms with Gasteiger partial charge in [0.25, 0.3) is 0 Å². The SMILES string of the molecule is CCOC1(c2nc(C)c(C(=O)O)c(C)n2)CCOCC1. The van der Waals surface area contributed by atoms with Gasteiger partial charge >= 0.3 is 5.97 Å². The van der Waals surface area contributed by atoms with Crippen LogP contribution in [-0.4, -0.2) is 40.9 Å². The Morgan fingerprint density at radius 2 is 1.85 bits per heavy atom. The zero-order valence-electron chi connectivity index (χ0n) is 12.1. The Morgan fingerprint density at radius 3 is 2.30 bits per heavy atom. The molecule has 1 saturated heterocycles. The summed E-state index contributed by atoms with van der Waals surface area (Å²) in [6, 6.07) is 0. The van der Waals surface area contributed by atoms with Crippen LogP contribution in [0.25, 0.3) is 0 Å². The topological polar surface area (TPSA) is 81.5 Å². The highest BCUT2D eigenvalue weighted by Crippen LogP contribution is 2.34. The van der Waals surface area contributed by atoms with Gasteiger partial charge in [-0.1, -0.05) is 0 Å². The van der Waals surface area contributed by atoms with E-state index in [2.05, 4.69) is 9.97 Å². The van der Waals surface area contributed by atoms with E-state index in [-0.39, 0.29) is 5.56 Å². The molecule has 6 heteroatoms. The van der Waals surface area contributed by atoms with Gasteiger partial charge in [0.05, 0.1) is 11.4 Å². The van der Waals surface area contributed by atoms with E-state index in [1.54, 1.807) is 13.8 Å². The van der Waals surface area contributed by atoms with Crippen LogP contribution in [0.3, 0.4) is 0 Å². The number of aromatic nitrogens is 2. The van der Waals surface area contributed by atoms with Crippen molar-refractivity contribution in [3.63, 3.8) is 0 Å². The number of nitrogens with zero attached hydrogens (tertiary/aromatic N) is 2. The molecule has 1 N–H and O–H groups in total. The van der Waals surface area contributed by atoms with E-state index in [0.29, 0.717) is 49.9 Å². The molecule has 2 heterocycles. The first-order valence-electron chi connectivity index (χ1n) is 6.81. The first-order valence-corrected chi connectivity index (χ1v) is 6.81. The highest BCUT2D eigenvalue weighted by molar-refractivity contribution is 5.89. The number of carboxylic acids is 1. The smallest absolute Gasteiger partial charge is 0.339 e. The molecule has 1 fully saturated rings. The molecule has 0 aromatic carbocycles. The quantitative estimate of drug-likeness (QED) is 0.906. The molecule has 1 aromatic rings. The van der Waals surface area contributed by atoms with E-state index >= 15 is 0 Å². The molecular weight excluding hydrogens is 260 g/mol. The van der Waals surface area contributed by atoms with Crippen molar-refractivity contribution in [1.29, 1.82) is 0 Å². The zero-order chi connectivity index (χ0) is 14.8. The maximum Gasteiger partial charge on any atom is 0.339 e. The van der Waals surface area contributed by atoms with Gasteiger partial charge in [-0.15, -0.1) is 0 Å². The monoisotopic (exact) mass is 280 g/mol. The third kappa shape index (κ3) is 2.66. The van der Waals surface area contributed by atoms with Crippen molar-refractivity contribution >= 4 is 5.97 Å². The molecule has 0 atom stereocenters. The van der Waals surface area contributed by atoms with E-state index in [0.717, 1.165) is 0 Å². The Hall–Kier alpha value is -1.53. The summed E-state index contributed by atoms with van der Waals surface area (Å²) in [6.07, 6.45) is 1.37. The molecular formula is C14H20N2O4. The maximum atomic E-state index is 11.2. The molecule has 1 aliphatic heterocycles. The van der Waals surface area contributed by atoms with Crippen molar-refractivity contribution in [3.8, 4) is 0 Å². The predicted molar refractivity (Wildman–Crippen MR) is 71.8 cm³/mol. The van der Waals surface area contributed by atoms with E-state index in [1.165, 1.54) is 0 Å². The second-order valence-corrected chi connectivity index (χ2v) is 4.94. The van der Waals surface area contributed by atoms with Crippen molar-refractivity contribution in [2.45, 2.75) is 39.2 Å². The first kappa shape index (κ1) is 14.9. The van der Waals surface area contributed by atoms with Crippen LogP contribution in [0, 0.1) is 13.8 Å². The largest absolute Gasteiger partial charge is 0.478 e. The highest BCUT2D eigenvalue weighted by atomic mass is 16.5. The number of ether oxygens (including phenoxy) is 2. The number of hydrogen-bond acceptors (Lipinski definition) is 5. The molecule has 110 valence electrons. The van der Waals surface area contributed by atoms with Crippen molar-refractivity contribution in [2.75, 3.05) is 19.8 Å². The Balaban J connectivity index is 2.47. The van der Waals surface area contributed by atoms with Gasteiger partial charge in [0.15, 0.2) is 5.82 Å². The fourth-order valence-electron chi connectivity index (χ4n) is 2.64. The molecule has 20 heavy (non-hydrogen) atoms. The summed E-state index contributed by atoms with van der Waals surface area (Å²) in [5.41, 5.74) is 0.572. The molecule has 0 saturated carbocycles. The minimum Gasteiger partial charge on any atom is -0.478 e. The summed E-state index contributed by atoms with van der Waals surface area (Å²) in [5.74, 6) is -0.424. The Bertz CT molecular complexity index is 481. The second-order valence-electron chi connectivity index (χ2n) is 4.94. The molecule has 1 aromatic heterocycles. The molecule has 0 aliphatic carbocycles. The lowest BCUT2D eigenvalue weighted by molar-refractivity contribution is -0.118. The average molecular weight is 280 g/mol. The van der Waals surface area contributed by atoms with Gasteiger partial charge in [-0.3, -0.25) is 0 Å². The first-order chi connectivity index (χ1) is 9.50. The van der Waals surface area contributed by atoms with Gasteiger partial charge in [-0.25, -0.2) is 14.8 Å². The Morgan fingerprint density at radius 1 is 1.30 bits per heavy atom. The fraction of sp³-hybridized carbons (Fsp3) is 0.643. The minimum absolute atomic E-state index is 0.174. The molecule has 0 radical (unpaired) electrons. The van der Waals surface area contributed by atoms with Gasteiger partial charge < -0.3 is 14.6 Å². The Kier molecular flexibility index (Phi) is 4.35. The number of hydrogen-bond donors (Lipinski definition) is 1. The van der Waals surface area contributed by atoms with Crippen LogP contribution in [-0.2, 0) is 15.1 Å². The third-order valence-corrected chi connectivity index (χ3v) is 3.61. The van der Waals surface area contributed by atoms with Gasteiger partial charge in [0.2, 0.25) is 0 Å².